The molecule has 2 aliphatic rings. The lowest BCUT2D eigenvalue weighted by molar-refractivity contribution is -0.137. The van der Waals surface area contributed by atoms with E-state index in [1.165, 1.54) is 4.31 Å². The average Bonchev–Trinajstić information content (AvgIpc) is 3.34. The van der Waals surface area contributed by atoms with Gasteiger partial charge in [0.1, 0.15) is 11.5 Å². The molecule has 1 atom stereocenters. The molecule has 0 aromatic heterocycles. The third-order valence-electron chi connectivity index (χ3n) is 6.61. The van der Waals surface area contributed by atoms with Gasteiger partial charge in [-0.05, 0) is 74.6 Å². The quantitative estimate of drug-likeness (QED) is 0.612. The van der Waals surface area contributed by atoms with Crippen molar-refractivity contribution in [2.24, 2.45) is 5.92 Å². The van der Waals surface area contributed by atoms with Crippen molar-refractivity contribution in [1.82, 2.24) is 9.21 Å². The molecular formula is C25H32N2O5S. The number of amides is 1. The monoisotopic (exact) mass is 472 g/mol. The molecular weight excluding hydrogens is 440 g/mol. The van der Waals surface area contributed by atoms with Gasteiger partial charge in [0, 0.05) is 25.6 Å². The van der Waals surface area contributed by atoms with E-state index in [2.05, 4.69) is 0 Å². The number of piperidine rings is 1. The number of ether oxygens (including phenoxy) is 2. The maximum absolute atomic E-state index is 13.4. The number of likely N-dealkylation sites (tertiary alicyclic amines) is 1. The van der Waals surface area contributed by atoms with Crippen LogP contribution in [0.5, 0.6) is 11.5 Å². The predicted molar refractivity (Wildman–Crippen MR) is 126 cm³/mol. The van der Waals surface area contributed by atoms with E-state index in [4.69, 9.17) is 9.47 Å². The molecule has 2 aromatic rings. The average molecular weight is 473 g/mol. The molecule has 8 heteroatoms. The predicted octanol–water partition coefficient (Wildman–Crippen LogP) is 3.86. The van der Waals surface area contributed by atoms with Crippen LogP contribution >= 0.6 is 0 Å². The molecule has 2 fully saturated rings. The third kappa shape index (κ3) is 5.01. The molecule has 1 unspecified atom stereocenters. The summed E-state index contributed by atoms with van der Waals surface area (Å²) in [7, 11) is -2.03. The molecule has 2 heterocycles. The Morgan fingerprint density at radius 3 is 2.18 bits per heavy atom. The normalized spacial score (nSPS) is 20.1. The van der Waals surface area contributed by atoms with Crippen molar-refractivity contribution in [2.75, 3.05) is 33.4 Å². The number of rotatable bonds is 7. The SMILES string of the molecule is CCOc1ccc(C2CCCN2C(=O)C2CCN(S(=O)(=O)c3ccc(OC)cc3)CC2)cc1. The van der Waals surface area contributed by atoms with E-state index in [-0.39, 0.29) is 22.8 Å². The van der Waals surface area contributed by atoms with Gasteiger partial charge in [-0.1, -0.05) is 12.1 Å². The standard InChI is InChI=1S/C25H32N2O5S/c1-3-32-22-8-6-19(7-9-22)24-5-4-16-27(24)25(28)20-14-17-26(18-15-20)33(29,30)23-12-10-21(31-2)11-13-23/h6-13,20,24H,3-5,14-18H2,1-2H3. The first-order valence-corrected chi connectivity index (χ1v) is 13.1. The lowest BCUT2D eigenvalue weighted by atomic mass is 9.95. The summed E-state index contributed by atoms with van der Waals surface area (Å²) < 4.78 is 38.2. The highest BCUT2D eigenvalue weighted by molar-refractivity contribution is 7.89. The number of carbonyl (C=O) groups is 1. The Labute approximate surface area is 196 Å². The Hall–Kier alpha value is -2.58. The van der Waals surface area contributed by atoms with Crippen molar-refractivity contribution in [2.45, 2.75) is 43.5 Å². The summed E-state index contributed by atoms with van der Waals surface area (Å²) in [6.07, 6.45) is 3.01. The Morgan fingerprint density at radius 1 is 0.939 bits per heavy atom. The number of hydrogen-bond donors (Lipinski definition) is 0. The van der Waals surface area contributed by atoms with Gasteiger partial charge in [-0.25, -0.2) is 8.42 Å². The molecule has 0 radical (unpaired) electrons. The van der Waals surface area contributed by atoms with Gasteiger partial charge in [-0.15, -0.1) is 0 Å². The summed E-state index contributed by atoms with van der Waals surface area (Å²) in [5.41, 5.74) is 1.13. The number of benzene rings is 2. The van der Waals surface area contributed by atoms with Crippen LogP contribution in [-0.2, 0) is 14.8 Å². The van der Waals surface area contributed by atoms with E-state index in [1.807, 2.05) is 36.1 Å². The Morgan fingerprint density at radius 2 is 1.58 bits per heavy atom. The topological polar surface area (TPSA) is 76.2 Å². The van der Waals surface area contributed by atoms with E-state index in [9.17, 15) is 13.2 Å². The van der Waals surface area contributed by atoms with Crippen molar-refractivity contribution < 1.29 is 22.7 Å². The van der Waals surface area contributed by atoms with Gasteiger partial charge < -0.3 is 14.4 Å². The molecule has 0 spiro atoms. The summed E-state index contributed by atoms with van der Waals surface area (Å²) in [5, 5.41) is 0. The number of methoxy groups -OCH3 is 1. The Bertz CT molecular complexity index is 1050. The van der Waals surface area contributed by atoms with Crippen molar-refractivity contribution >= 4 is 15.9 Å². The van der Waals surface area contributed by atoms with Crippen LogP contribution in [0.2, 0.25) is 0 Å². The minimum atomic E-state index is -3.58. The van der Waals surface area contributed by atoms with E-state index in [0.717, 1.165) is 30.7 Å². The van der Waals surface area contributed by atoms with Crippen LogP contribution in [0, 0.1) is 5.92 Å². The molecule has 0 aliphatic carbocycles. The molecule has 1 amide bonds. The molecule has 0 bridgehead atoms. The van der Waals surface area contributed by atoms with Crippen LogP contribution in [0.3, 0.4) is 0 Å². The molecule has 7 nitrogen and oxygen atoms in total. The van der Waals surface area contributed by atoms with Crippen LogP contribution < -0.4 is 9.47 Å². The maximum atomic E-state index is 13.4. The second-order valence-corrected chi connectivity index (χ2v) is 10.5. The van der Waals surface area contributed by atoms with Crippen LogP contribution in [0.4, 0.5) is 0 Å². The van der Waals surface area contributed by atoms with Crippen molar-refractivity contribution in [3.05, 3.63) is 54.1 Å². The largest absolute Gasteiger partial charge is 0.497 e. The number of carbonyl (C=O) groups excluding carboxylic acids is 1. The molecule has 2 saturated heterocycles. The zero-order valence-electron chi connectivity index (χ0n) is 19.3. The first-order valence-electron chi connectivity index (χ1n) is 11.6. The number of hydrogen-bond acceptors (Lipinski definition) is 5. The third-order valence-corrected chi connectivity index (χ3v) is 8.53. The number of sulfonamides is 1. The van der Waals surface area contributed by atoms with Gasteiger partial charge >= 0.3 is 0 Å². The highest BCUT2D eigenvalue weighted by Crippen LogP contribution is 2.36. The van der Waals surface area contributed by atoms with E-state index in [0.29, 0.717) is 38.3 Å². The molecule has 2 aromatic carbocycles. The zero-order valence-corrected chi connectivity index (χ0v) is 20.1. The van der Waals surface area contributed by atoms with Crippen LogP contribution in [0.15, 0.2) is 53.4 Å². The molecule has 178 valence electrons. The molecule has 2 aliphatic heterocycles. The van der Waals surface area contributed by atoms with Crippen LogP contribution in [0.25, 0.3) is 0 Å². The first kappa shape index (κ1) is 23.6. The fourth-order valence-corrected chi connectivity index (χ4v) is 6.27. The van der Waals surface area contributed by atoms with Crippen molar-refractivity contribution in [3.63, 3.8) is 0 Å². The fraction of sp³-hybridized carbons (Fsp3) is 0.480. The summed E-state index contributed by atoms with van der Waals surface area (Å²) in [5.74, 6) is 1.46. The van der Waals surface area contributed by atoms with E-state index >= 15 is 0 Å². The van der Waals surface area contributed by atoms with E-state index < -0.39 is 10.0 Å². The van der Waals surface area contributed by atoms with E-state index in [1.54, 1.807) is 31.4 Å². The smallest absolute Gasteiger partial charge is 0.243 e. The second-order valence-electron chi connectivity index (χ2n) is 8.55. The maximum Gasteiger partial charge on any atom is 0.243 e. The number of nitrogens with zero attached hydrogens (tertiary/aromatic N) is 2. The fourth-order valence-electron chi connectivity index (χ4n) is 4.80. The summed E-state index contributed by atoms with van der Waals surface area (Å²) >= 11 is 0. The summed E-state index contributed by atoms with van der Waals surface area (Å²) in [4.78, 5) is 15.6. The van der Waals surface area contributed by atoms with Crippen LogP contribution in [-0.4, -0.2) is 56.9 Å². The highest BCUT2D eigenvalue weighted by atomic mass is 32.2. The van der Waals surface area contributed by atoms with Crippen molar-refractivity contribution in [1.29, 1.82) is 0 Å². The second kappa shape index (κ2) is 10.1. The molecule has 4 rings (SSSR count). The minimum Gasteiger partial charge on any atom is -0.497 e. The van der Waals surface area contributed by atoms with Gasteiger partial charge in [0.15, 0.2) is 0 Å². The molecule has 0 N–H and O–H groups in total. The Balaban J connectivity index is 1.39. The first-order chi connectivity index (χ1) is 15.9. The van der Waals surface area contributed by atoms with Gasteiger partial charge in [0.05, 0.1) is 24.7 Å². The lowest BCUT2D eigenvalue weighted by Gasteiger charge is -2.34. The highest BCUT2D eigenvalue weighted by Gasteiger charge is 2.37. The van der Waals surface area contributed by atoms with Gasteiger partial charge in [0.25, 0.3) is 0 Å². The van der Waals surface area contributed by atoms with Crippen LogP contribution in [0.1, 0.15) is 44.2 Å². The lowest BCUT2D eigenvalue weighted by Crippen LogP contribution is -2.44. The molecule has 33 heavy (non-hydrogen) atoms. The van der Waals surface area contributed by atoms with Crippen molar-refractivity contribution in [3.8, 4) is 11.5 Å². The summed E-state index contributed by atoms with van der Waals surface area (Å²) in [6, 6.07) is 14.5. The van der Waals surface area contributed by atoms with Gasteiger partial charge in [0.2, 0.25) is 15.9 Å². The minimum absolute atomic E-state index is 0.0780. The summed E-state index contributed by atoms with van der Waals surface area (Å²) in [6.45, 7) is 4.04. The Kier molecular flexibility index (Phi) is 7.24. The van der Waals surface area contributed by atoms with Gasteiger partial charge in [-0.3, -0.25) is 4.79 Å². The zero-order chi connectivity index (χ0) is 23.4. The van der Waals surface area contributed by atoms with Gasteiger partial charge in [-0.2, -0.15) is 4.31 Å². The molecule has 0 saturated carbocycles.